The van der Waals surface area contributed by atoms with Crippen molar-refractivity contribution in [2.24, 2.45) is 0 Å². The van der Waals surface area contributed by atoms with E-state index < -0.39 is 0 Å². The second kappa shape index (κ2) is 2.43. The molecule has 0 saturated heterocycles. The minimum absolute atomic E-state index is 1.37. The van der Waals surface area contributed by atoms with Gasteiger partial charge < -0.3 is 0 Å². The Hall–Kier alpha value is -0.223. The SMILES string of the molecule is [Li][c]1scc2ccccc12. The van der Waals surface area contributed by atoms with Crippen molar-refractivity contribution in [2.75, 3.05) is 0 Å². The van der Waals surface area contributed by atoms with Crippen molar-refractivity contribution in [3.8, 4) is 0 Å². The average Bonchev–Trinajstić information content (AvgIpc) is 2.34. The van der Waals surface area contributed by atoms with Crippen molar-refractivity contribution in [3.05, 3.63) is 29.6 Å². The molecular formula is C8H5LiS. The molecule has 0 bridgehead atoms. The predicted molar refractivity (Wildman–Crippen MR) is 47.2 cm³/mol. The van der Waals surface area contributed by atoms with Crippen LogP contribution >= 0.6 is 11.3 Å². The Labute approximate surface area is 73.1 Å². The molecule has 0 aliphatic carbocycles. The summed E-state index contributed by atoms with van der Waals surface area (Å²) < 4.78 is 1.41. The molecule has 0 atom stereocenters. The number of thiophene rings is 1. The first kappa shape index (κ1) is 6.49. The van der Waals surface area contributed by atoms with Crippen LogP contribution in [0.2, 0.25) is 0 Å². The molecule has 0 spiro atoms. The summed E-state index contributed by atoms with van der Waals surface area (Å²) in [7, 11) is 0. The van der Waals surface area contributed by atoms with Crippen LogP contribution in [-0.2, 0) is 0 Å². The Morgan fingerprint density at radius 3 is 2.80 bits per heavy atom. The molecule has 0 saturated carbocycles. The van der Waals surface area contributed by atoms with Crippen molar-refractivity contribution in [1.82, 2.24) is 0 Å². The Kier molecular flexibility index (Phi) is 1.58. The molecule has 0 aliphatic heterocycles. The molecule has 0 amide bonds. The van der Waals surface area contributed by atoms with Crippen LogP contribution in [0.15, 0.2) is 29.6 Å². The van der Waals surface area contributed by atoms with Gasteiger partial charge in [0, 0.05) is 0 Å². The summed E-state index contributed by atoms with van der Waals surface area (Å²) in [4.78, 5) is 0. The van der Waals surface area contributed by atoms with Crippen molar-refractivity contribution in [3.63, 3.8) is 0 Å². The Bertz CT molecular complexity index is 351. The minimum atomic E-state index is 1.37. The molecule has 2 heteroatoms. The number of hydrogen-bond acceptors (Lipinski definition) is 1. The van der Waals surface area contributed by atoms with E-state index in [-0.39, 0.29) is 0 Å². The second-order valence-corrected chi connectivity index (χ2v) is 3.46. The third-order valence-corrected chi connectivity index (χ3v) is 2.65. The summed E-state index contributed by atoms with van der Waals surface area (Å²) in [5.41, 5.74) is 0. The molecule has 0 unspecified atom stereocenters. The zero-order chi connectivity index (χ0) is 6.97. The fourth-order valence-corrected chi connectivity index (χ4v) is 1.96. The quantitative estimate of drug-likeness (QED) is 0.488. The van der Waals surface area contributed by atoms with Gasteiger partial charge in [-0.2, -0.15) is 0 Å². The van der Waals surface area contributed by atoms with Gasteiger partial charge in [0.1, 0.15) is 0 Å². The van der Waals surface area contributed by atoms with Gasteiger partial charge >= 0.3 is 73.0 Å². The normalized spacial score (nSPS) is 10.6. The number of hydrogen-bond donors (Lipinski definition) is 0. The van der Waals surface area contributed by atoms with Gasteiger partial charge in [0.15, 0.2) is 0 Å². The zero-order valence-corrected chi connectivity index (χ0v) is 6.61. The van der Waals surface area contributed by atoms with Crippen molar-refractivity contribution < 1.29 is 0 Å². The van der Waals surface area contributed by atoms with Gasteiger partial charge in [0.05, 0.1) is 0 Å². The predicted octanol–water partition coefficient (Wildman–Crippen LogP) is 1.70. The van der Waals surface area contributed by atoms with Crippen LogP contribution in [0.1, 0.15) is 0 Å². The zero-order valence-electron chi connectivity index (χ0n) is 5.79. The van der Waals surface area contributed by atoms with E-state index in [9.17, 15) is 0 Å². The summed E-state index contributed by atoms with van der Waals surface area (Å²) >= 11 is 3.98. The molecule has 1 heterocycles. The van der Waals surface area contributed by atoms with Crippen molar-refractivity contribution >= 4 is 43.4 Å². The molecule has 2 aromatic rings. The van der Waals surface area contributed by atoms with E-state index in [1.807, 2.05) is 11.3 Å². The van der Waals surface area contributed by atoms with Gasteiger partial charge in [-0.3, -0.25) is 0 Å². The molecule has 1 aromatic heterocycles. The standard InChI is InChI=1S/C8H5S.Li/c1-2-4-8-6-9-5-7(8)3-1;/h1-5H;. The molecule has 0 nitrogen and oxygen atoms in total. The third kappa shape index (κ3) is 0.913. The van der Waals surface area contributed by atoms with E-state index in [2.05, 4.69) is 47.4 Å². The Balaban J connectivity index is 2.93. The van der Waals surface area contributed by atoms with E-state index in [0.717, 1.165) is 0 Å². The van der Waals surface area contributed by atoms with Gasteiger partial charge in [-0.15, -0.1) is 0 Å². The van der Waals surface area contributed by atoms with Gasteiger partial charge in [-0.25, -0.2) is 0 Å². The van der Waals surface area contributed by atoms with Crippen LogP contribution in [0.3, 0.4) is 0 Å². The second-order valence-electron chi connectivity index (χ2n) is 2.38. The fraction of sp³-hybridized carbons (Fsp3) is 0. The average molecular weight is 140 g/mol. The number of rotatable bonds is 0. The molecule has 0 aliphatic rings. The van der Waals surface area contributed by atoms with Gasteiger partial charge in [0.25, 0.3) is 0 Å². The summed E-state index contributed by atoms with van der Waals surface area (Å²) in [5.74, 6) is 0. The summed E-state index contributed by atoms with van der Waals surface area (Å²) in [6.45, 7) is 0. The van der Waals surface area contributed by atoms with Gasteiger partial charge in [-0.1, -0.05) is 0 Å². The van der Waals surface area contributed by atoms with Gasteiger partial charge in [-0.05, 0) is 0 Å². The van der Waals surface area contributed by atoms with Crippen LogP contribution in [0.5, 0.6) is 0 Å². The van der Waals surface area contributed by atoms with Gasteiger partial charge in [0.2, 0.25) is 0 Å². The Morgan fingerprint density at radius 1 is 1.20 bits per heavy atom. The van der Waals surface area contributed by atoms with E-state index in [1.165, 1.54) is 14.3 Å². The van der Waals surface area contributed by atoms with Crippen LogP contribution in [0.4, 0.5) is 0 Å². The third-order valence-electron chi connectivity index (χ3n) is 1.70. The molecule has 0 radical (unpaired) electrons. The van der Waals surface area contributed by atoms with Crippen LogP contribution < -0.4 is 3.55 Å². The topological polar surface area (TPSA) is 0 Å². The number of fused-ring (bicyclic) bond motifs is 1. The summed E-state index contributed by atoms with van der Waals surface area (Å²) in [5, 5.41) is 4.96. The molecule has 0 fully saturated rings. The van der Waals surface area contributed by atoms with Crippen LogP contribution in [0, 0.1) is 0 Å². The molecule has 10 heavy (non-hydrogen) atoms. The first-order valence-electron chi connectivity index (χ1n) is 3.31. The van der Waals surface area contributed by atoms with Crippen molar-refractivity contribution in [1.29, 1.82) is 0 Å². The number of benzene rings is 1. The Morgan fingerprint density at radius 2 is 2.00 bits per heavy atom. The molecule has 0 N–H and O–H groups in total. The molecule has 1 aromatic carbocycles. The van der Waals surface area contributed by atoms with E-state index >= 15 is 0 Å². The van der Waals surface area contributed by atoms with E-state index in [4.69, 9.17) is 0 Å². The van der Waals surface area contributed by atoms with Crippen molar-refractivity contribution in [2.45, 2.75) is 0 Å². The van der Waals surface area contributed by atoms with Crippen LogP contribution in [-0.4, -0.2) is 17.7 Å². The fourth-order valence-electron chi connectivity index (χ4n) is 1.14. The molecular weight excluding hydrogens is 135 g/mol. The van der Waals surface area contributed by atoms with E-state index in [0.29, 0.717) is 0 Å². The van der Waals surface area contributed by atoms with Crippen LogP contribution in [0.25, 0.3) is 10.8 Å². The van der Waals surface area contributed by atoms with E-state index in [1.54, 1.807) is 0 Å². The monoisotopic (exact) mass is 140 g/mol. The molecule has 2 rings (SSSR count). The maximum absolute atomic E-state index is 2.20. The summed E-state index contributed by atoms with van der Waals surface area (Å²) in [6.07, 6.45) is 0. The first-order valence-corrected chi connectivity index (χ1v) is 4.19. The molecule has 44 valence electrons. The first-order chi connectivity index (χ1) is 4.88. The summed E-state index contributed by atoms with van der Waals surface area (Å²) in [6, 6.07) is 8.48. The maximum atomic E-state index is 2.20.